The molecule has 0 spiro atoms. The van der Waals surface area contributed by atoms with E-state index in [-0.39, 0.29) is 37.2 Å². The van der Waals surface area contributed by atoms with Crippen LogP contribution in [0.1, 0.15) is 0 Å². The molecule has 70 valence electrons. The van der Waals surface area contributed by atoms with Crippen molar-refractivity contribution in [2.75, 3.05) is 39.6 Å². The van der Waals surface area contributed by atoms with Crippen molar-refractivity contribution in [2.45, 2.75) is 0 Å². The molecule has 0 amide bonds. The molecule has 0 aliphatic rings. The number of aliphatic hydroxyl groups excluding tert-OH is 2. The van der Waals surface area contributed by atoms with Gasteiger partial charge in [0.05, 0.1) is 39.6 Å². The van der Waals surface area contributed by atoms with Gasteiger partial charge in [-0.15, -0.1) is 24.0 Å². The van der Waals surface area contributed by atoms with E-state index in [4.69, 9.17) is 19.7 Å². The second-order valence-corrected chi connectivity index (χ2v) is 1.67. The summed E-state index contributed by atoms with van der Waals surface area (Å²) in [7, 11) is 0. The van der Waals surface area contributed by atoms with Crippen LogP contribution in [-0.4, -0.2) is 49.9 Å². The van der Waals surface area contributed by atoms with E-state index in [0.717, 1.165) is 0 Å². The molecule has 0 aromatic heterocycles. The normalized spacial score (nSPS) is 9.27. The fraction of sp³-hybridized carbons (Fsp3) is 1.00. The first-order valence-electron chi connectivity index (χ1n) is 3.29. The zero-order valence-electron chi connectivity index (χ0n) is 6.36. The van der Waals surface area contributed by atoms with Crippen LogP contribution in [0.2, 0.25) is 0 Å². The first-order chi connectivity index (χ1) is 4.91. The van der Waals surface area contributed by atoms with Crippen molar-refractivity contribution in [3.63, 3.8) is 0 Å². The number of hydrogen-bond donors (Lipinski definition) is 2. The predicted molar refractivity (Wildman–Crippen MR) is 51.2 cm³/mol. The molecule has 0 bridgehead atoms. The van der Waals surface area contributed by atoms with E-state index in [0.29, 0.717) is 26.4 Å². The molecule has 0 aromatic rings. The molecule has 4 nitrogen and oxygen atoms in total. The Labute approximate surface area is 83.5 Å². The van der Waals surface area contributed by atoms with Gasteiger partial charge in [-0.1, -0.05) is 0 Å². The van der Waals surface area contributed by atoms with Gasteiger partial charge in [-0.2, -0.15) is 0 Å². The van der Waals surface area contributed by atoms with Crippen LogP contribution in [0.3, 0.4) is 0 Å². The van der Waals surface area contributed by atoms with E-state index >= 15 is 0 Å². The molecule has 0 aliphatic carbocycles. The summed E-state index contributed by atoms with van der Waals surface area (Å²) in [5, 5.41) is 16.5. The Bertz CT molecular complexity index is 54.5. The lowest BCUT2D eigenvalue weighted by atomic mass is 10.7. The van der Waals surface area contributed by atoms with E-state index in [2.05, 4.69) is 0 Å². The minimum Gasteiger partial charge on any atom is -0.394 e. The van der Waals surface area contributed by atoms with Gasteiger partial charge in [-0.05, 0) is 0 Å². The zero-order valence-corrected chi connectivity index (χ0v) is 8.69. The summed E-state index contributed by atoms with van der Waals surface area (Å²) in [4.78, 5) is 0. The third-order valence-electron chi connectivity index (χ3n) is 0.843. The SMILES string of the molecule is I.OCCOCCOCCO. The lowest BCUT2D eigenvalue weighted by Gasteiger charge is -2.01. The van der Waals surface area contributed by atoms with Crippen molar-refractivity contribution in [1.29, 1.82) is 0 Å². The molecule has 5 heteroatoms. The van der Waals surface area contributed by atoms with Gasteiger partial charge in [0.25, 0.3) is 0 Å². The van der Waals surface area contributed by atoms with Gasteiger partial charge in [0.15, 0.2) is 0 Å². The molecule has 0 heterocycles. The summed E-state index contributed by atoms with van der Waals surface area (Å²) in [6.07, 6.45) is 0. The second-order valence-electron chi connectivity index (χ2n) is 1.67. The van der Waals surface area contributed by atoms with Crippen LogP contribution in [0.4, 0.5) is 0 Å². The smallest absolute Gasteiger partial charge is 0.0701 e. The summed E-state index contributed by atoms with van der Waals surface area (Å²) >= 11 is 0. The summed E-state index contributed by atoms with van der Waals surface area (Å²) in [5.41, 5.74) is 0. The van der Waals surface area contributed by atoms with Crippen LogP contribution < -0.4 is 0 Å². The fourth-order valence-corrected chi connectivity index (χ4v) is 0.451. The third kappa shape index (κ3) is 13.5. The highest BCUT2D eigenvalue weighted by molar-refractivity contribution is 14.0. The Balaban J connectivity index is 0. The monoisotopic (exact) mass is 278 g/mol. The van der Waals surface area contributed by atoms with E-state index < -0.39 is 0 Å². The second kappa shape index (κ2) is 13.2. The number of hydrogen-bond acceptors (Lipinski definition) is 4. The highest BCUT2D eigenvalue weighted by Gasteiger charge is 1.86. The van der Waals surface area contributed by atoms with E-state index in [1.165, 1.54) is 0 Å². The van der Waals surface area contributed by atoms with Crippen LogP contribution in [0, 0.1) is 0 Å². The summed E-state index contributed by atoms with van der Waals surface area (Å²) in [5.74, 6) is 0. The molecule has 11 heavy (non-hydrogen) atoms. The molecule has 0 aromatic carbocycles. The zero-order chi connectivity index (χ0) is 7.66. The minimum atomic E-state index is 0. The van der Waals surface area contributed by atoms with Gasteiger partial charge < -0.3 is 19.7 Å². The van der Waals surface area contributed by atoms with Gasteiger partial charge in [0.2, 0.25) is 0 Å². The largest absolute Gasteiger partial charge is 0.394 e. The van der Waals surface area contributed by atoms with Gasteiger partial charge in [-0.25, -0.2) is 0 Å². The average Bonchev–Trinajstić information content (AvgIpc) is 1.97. The van der Waals surface area contributed by atoms with Crippen molar-refractivity contribution in [2.24, 2.45) is 0 Å². The topological polar surface area (TPSA) is 58.9 Å². The summed E-state index contributed by atoms with van der Waals surface area (Å²) < 4.78 is 9.75. The van der Waals surface area contributed by atoms with Crippen LogP contribution in [0.15, 0.2) is 0 Å². The Hall–Kier alpha value is 0.570. The number of ether oxygens (including phenoxy) is 2. The van der Waals surface area contributed by atoms with Crippen LogP contribution in [-0.2, 0) is 9.47 Å². The molecule has 0 radical (unpaired) electrons. The van der Waals surface area contributed by atoms with Gasteiger partial charge in [0, 0.05) is 0 Å². The highest BCUT2D eigenvalue weighted by atomic mass is 127. The van der Waals surface area contributed by atoms with E-state index in [1.54, 1.807) is 0 Å². The maximum atomic E-state index is 8.26. The third-order valence-corrected chi connectivity index (χ3v) is 0.843. The standard InChI is InChI=1S/C6H14O4.HI/c7-1-3-9-5-6-10-4-2-8;/h7-8H,1-6H2;1H. The predicted octanol–water partition coefficient (Wildman–Crippen LogP) is -0.378. The molecular formula is C6H15IO4. The molecule has 0 aliphatic heterocycles. The maximum absolute atomic E-state index is 8.26. The molecule has 0 saturated heterocycles. The molecule has 0 atom stereocenters. The molecule has 0 fully saturated rings. The Morgan fingerprint density at radius 2 is 1.09 bits per heavy atom. The lowest BCUT2D eigenvalue weighted by Crippen LogP contribution is -2.09. The van der Waals surface area contributed by atoms with Gasteiger partial charge in [-0.3, -0.25) is 0 Å². The number of halogens is 1. The van der Waals surface area contributed by atoms with Gasteiger partial charge in [0.1, 0.15) is 0 Å². The average molecular weight is 278 g/mol. The van der Waals surface area contributed by atoms with Crippen LogP contribution in [0.5, 0.6) is 0 Å². The Morgan fingerprint density at radius 3 is 1.36 bits per heavy atom. The highest BCUT2D eigenvalue weighted by Crippen LogP contribution is 1.76. The molecule has 0 unspecified atom stereocenters. The first kappa shape index (κ1) is 14.1. The summed E-state index contributed by atoms with van der Waals surface area (Å²) in [6, 6.07) is 0. The van der Waals surface area contributed by atoms with Crippen molar-refractivity contribution >= 4 is 24.0 Å². The van der Waals surface area contributed by atoms with Crippen molar-refractivity contribution in [3.05, 3.63) is 0 Å². The van der Waals surface area contributed by atoms with Crippen LogP contribution >= 0.6 is 24.0 Å². The maximum Gasteiger partial charge on any atom is 0.0701 e. The van der Waals surface area contributed by atoms with Crippen molar-refractivity contribution in [3.8, 4) is 0 Å². The molecule has 2 N–H and O–H groups in total. The van der Waals surface area contributed by atoms with Gasteiger partial charge >= 0.3 is 0 Å². The Kier molecular flexibility index (Phi) is 16.9. The van der Waals surface area contributed by atoms with Crippen molar-refractivity contribution < 1.29 is 19.7 Å². The number of rotatable bonds is 7. The molecule has 0 rings (SSSR count). The lowest BCUT2D eigenvalue weighted by molar-refractivity contribution is 0.0222. The van der Waals surface area contributed by atoms with Crippen LogP contribution in [0.25, 0.3) is 0 Å². The minimum absolute atomic E-state index is 0. The quantitative estimate of drug-likeness (QED) is 0.492. The van der Waals surface area contributed by atoms with Crippen molar-refractivity contribution in [1.82, 2.24) is 0 Å². The number of aliphatic hydroxyl groups is 2. The Morgan fingerprint density at radius 1 is 0.727 bits per heavy atom. The fourth-order valence-electron chi connectivity index (χ4n) is 0.451. The molecular weight excluding hydrogens is 263 g/mol. The first-order valence-corrected chi connectivity index (χ1v) is 3.29. The van der Waals surface area contributed by atoms with E-state index in [1.807, 2.05) is 0 Å². The van der Waals surface area contributed by atoms with E-state index in [9.17, 15) is 0 Å². The molecule has 0 saturated carbocycles. The summed E-state index contributed by atoms with van der Waals surface area (Å²) in [6.45, 7) is 1.73.